The first kappa shape index (κ1) is 13.7. The minimum absolute atomic E-state index is 0.643. The number of aromatic nitrogens is 1. The van der Waals surface area contributed by atoms with E-state index in [1.807, 2.05) is 18.2 Å². The van der Waals surface area contributed by atoms with Crippen molar-refractivity contribution in [2.75, 3.05) is 11.4 Å². The number of hydrogen-bond donors (Lipinski definition) is 0. The van der Waals surface area contributed by atoms with Crippen LogP contribution in [-0.2, 0) is 19.4 Å². The highest BCUT2D eigenvalue weighted by molar-refractivity contribution is 5.56. The van der Waals surface area contributed by atoms with Gasteiger partial charge in [0.25, 0.3) is 0 Å². The summed E-state index contributed by atoms with van der Waals surface area (Å²) in [5, 5.41) is 9.45. The zero-order valence-corrected chi connectivity index (χ0v) is 12.3. The van der Waals surface area contributed by atoms with Crippen LogP contribution in [0.4, 0.5) is 5.82 Å². The molecule has 2 aromatic rings. The molecular formula is C17H19N3O. The fourth-order valence-corrected chi connectivity index (χ4v) is 2.87. The number of nitriles is 1. The maximum atomic E-state index is 9.45. The lowest BCUT2D eigenvalue weighted by Crippen LogP contribution is -2.25. The van der Waals surface area contributed by atoms with Gasteiger partial charge in [-0.25, -0.2) is 4.98 Å². The maximum absolute atomic E-state index is 9.45. The van der Waals surface area contributed by atoms with Crippen LogP contribution in [-0.4, -0.2) is 11.5 Å². The van der Waals surface area contributed by atoms with E-state index in [9.17, 15) is 5.26 Å². The van der Waals surface area contributed by atoms with Gasteiger partial charge in [-0.3, -0.25) is 0 Å². The molecule has 0 N–H and O–H groups in total. The molecule has 4 nitrogen and oxygen atoms in total. The Hall–Kier alpha value is -2.28. The Bertz CT molecular complexity index is 655. The molecule has 108 valence electrons. The lowest BCUT2D eigenvalue weighted by atomic mass is 9.95. The van der Waals surface area contributed by atoms with Crippen molar-refractivity contribution in [3.63, 3.8) is 0 Å². The third-order valence-electron chi connectivity index (χ3n) is 4.01. The Labute approximate surface area is 125 Å². The SMILES string of the molecule is CCN(Cc1ccco1)c1nc2c(cc1C#N)CCCC2. The van der Waals surface area contributed by atoms with E-state index in [2.05, 4.69) is 17.9 Å². The van der Waals surface area contributed by atoms with Gasteiger partial charge in [-0.05, 0) is 56.4 Å². The molecule has 0 fully saturated rings. The molecule has 1 aliphatic rings. The van der Waals surface area contributed by atoms with Gasteiger partial charge in [0, 0.05) is 12.2 Å². The quantitative estimate of drug-likeness (QED) is 0.861. The molecule has 0 amide bonds. The van der Waals surface area contributed by atoms with Gasteiger partial charge in [0.1, 0.15) is 17.6 Å². The molecule has 0 bridgehead atoms. The van der Waals surface area contributed by atoms with Crippen LogP contribution in [0.1, 0.15) is 42.3 Å². The van der Waals surface area contributed by atoms with Crippen LogP contribution in [0.2, 0.25) is 0 Å². The summed E-state index contributed by atoms with van der Waals surface area (Å²) in [7, 11) is 0. The van der Waals surface area contributed by atoms with Crippen LogP contribution in [0.25, 0.3) is 0 Å². The van der Waals surface area contributed by atoms with E-state index >= 15 is 0 Å². The number of aryl methyl sites for hydroxylation is 2. The first-order chi connectivity index (χ1) is 10.3. The van der Waals surface area contributed by atoms with Crippen LogP contribution < -0.4 is 4.90 Å². The second-order valence-electron chi connectivity index (χ2n) is 5.38. The fourth-order valence-electron chi connectivity index (χ4n) is 2.87. The van der Waals surface area contributed by atoms with Crippen molar-refractivity contribution < 1.29 is 4.42 Å². The topological polar surface area (TPSA) is 53.1 Å². The van der Waals surface area contributed by atoms with Gasteiger partial charge in [-0.15, -0.1) is 0 Å². The van der Waals surface area contributed by atoms with E-state index in [-0.39, 0.29) is 0 Å². The highest BCUT2D eigenvalue weighted by Gasteiger charge is 2.19. The van der Waals surface area contributed by atoms with Crippen molar-refractivity contribution in [3.8, 4) is 6.07 Å². The maximum Gasteiger partial charge on any atom is 0.147 e. The minimum Gasteiger partial charge on any atom is -0.467 e. The summed E-state index contributed by atoms with van der Waals surface area (Å²) in [6, 6.07) is 8.17. The van der Waals surface area contributed by atoms with Crippen molar-refractivity contribution >= 4 is 5.82 Å². The number of furan rings is 1. The highest BCUT2D eigenvalue weighted by Crippen LogP contribution is 2.27. The smallest absolute Gasteiger partial charge is 0.147 e. The molecule has 21 heavy (non-hydrogen) atoms. The number of fused-ring (bicyclic) bond motifs is 1. The fraction of sp³-hybridized carbons (Fsp3) is 0.412. The molecular weight excluding hydrogens is 262 g/mol. The van der Waals surface area contributed by atoms with Gasteiger partial charge in [0.05, 0.1) is 18.4 Å². The van der Waals surface area contributed by atoms with Crippen LogP contribution in [0, 0.1) is 11.3 Å². The average molecular weight is 281 g/mol. The summed E-state index contributed by atoms with van der Waals surface area (Å²) in [5.41, 5.74) is 3.08. The molecule has 3 rings (SSSR count). The monoisotopic (exact) mass is 281 g/mol. The summed E-state index contributed by atoms with van der Waals surface area (Å²) in [4.78, 5) is 6.90. The number of anilines is 1. The summed E-state index contributed by atoms with van der Waals surface area (Å²) < 4.78 is 5.42. The lowest BCUT2D eigenvalue weighted by molar-refractivity contribution is 0.502. The summed E-state index contributed by atoms with van der Waals surface area (Å²) in [5.74, 6) is 1.68. The molecule has 0 radical (unpaired) electrons. The molecule has 0 unspecified atom stereocenters. The Morgan fingerprint density at radius 3 is 2.95 bits per heavy atom. The van der Waals surface area contributed by atoms with Gasteiger partial charge < -0.3 is 9.32 Å². The van der Waals surface area contributed by atoms with Crippen molar-refractivity contribution in [3.05, 3.63) is 47.0 Å². The Morgan fingerprint density at radius 1 is 1.38 bits per heavy atom. The van der Waals surface area contributed by atoms with Crippen LogP contribution in [0.3, 0.4) is 0 Å². The molecule has 2 heterocycles. The Morgan fingerprint density at radius 2 is 2.24 bits per heavy atom. The zero-order valence-electron chi connectivity index (χ0n) is 12.3. The predicted molar refractivity (Wildman–Crippen MR) is 81.0 cm³/mol. The first-order valence-corrected chi connectivity index (χ1v) is 7.52. The number of hydrogen-bond acceptors (Lipinski definition) is 4. The largest absolute Gasteiger partial charge is 0.467 e. The first-order valence-electron chi connectivity index (χ1n) is 7.52. The van der Waals surface area contributed by atoms with Crippen molar-refractivity contribution in [2.24, 2.45) is 0 Å². The second-order valence-corrected chi connectivity index (χ2v) is 5.38. The molecule has 4 heteroatoms. The van der Waals surface area contributed by atoms with E-state index in [0.29, 0.717) is 12.1 Å². The zero-order chi connectivity index (χ0) is 14.7. The van der Waals surface area contributed by atoms with Gasteiger partial charge in [-0.1, -0.05) is 0 Å². The molecule has 0 saturated carbocycles. The van der Waals surface area contributed by atoms with Crippen molar-refractivity contribution in [2.45, 2.75) is 39.2 Å². The van der Waals surface area contributed by atoms with E-state index in [1.54, 1.807) is 6.26 Å². The average Bonchev–Trinajstić information content (AvgIpc) is 3.04. The number of nitrogens with zero attached hydrogens (tertiary/aromatic N) is 3. The molecule has 2 aromatic heterocycles. The van der Waals surface area contributed by atoms with Gasteiger partial charge in [0.2, 0.25) is 0 Å². The van der Waals surface area contributed by atoms with Crippen molar-refractivity contribution in [1.29, 1.82) is 5.26 Å². The summed E-state index contributed by atoms with van der Waals surface area (Å²) in [6.07, 6.45) is 6.13. The number of rotatable bonds is 4. The number of pyridine rings is 1. The van der Waals surface area contributed by atoms with Crippen LogP contribution in [0.15, 0.2) is 28.9 Å². The molecule has 0 spiro atoms. The molecule has 0 aromatic carbocycles. The highest BCUT2D eigenvalue weighted by atomic mass is 16.3. The van der Waals surface area contributed by atoms with Gasteiger partial charge in [-0.2, -0.15) is 5.26 Å². The van der Waals surface area contributed by atoms with E-state index in [0.717, 1.165) is 36.7 Å². The van der Waals surface area contributed by atoms with Crippen molar-refractivity contribution in [1.82, 2.24) is 4.98 Å². The third kappa shape index (κ3) is 2.78. The Kier molecular flexibility index (Phi) is 3.92. The van der Waals surface area contributed by atoms with E-state index in [1.165, 1.54) is 18.4 Å². The molecule has 0 saturated heterocycles. The van der Waals surface area contributed by atoms with E-state index in [4.69, 9.17) is 9.40 Å². The van der Waals surface area contributed by atoms with Gasteiger partial charge >= 0.3 is 0 Å². The molecule has 0 aliphatic heterocycles. The molecule has 0 atom stereocenters. The van der Waals surface area contributed by atoms with Crippen LogP contribution in [0.5, 0.6) is 0 Å². The van der Waals surface area contributed by atoms with E-state index < -0.39 is 0 Å². The van der Waals surface area contributed by atoms with Gasteiger partial charge in [0.15, 0.2) is 0 Å². The summed E-state index contributed by atoms with van der Waals surface area (Å²) in [6.45, 7) is 3.51. The Balaban J connectivity index is 1.97. The lowest BCUT2D eigenvalue weighted by Gasteiger charge is -2.24. The second kappa shape index (κ2) is 6.01. The van der Waals surface area contributed by atoms with Crippen LogP contribution >= 0.6 is 0 Å². The minimum atomic E-state index is 0.643. The third-order valence-corrected chi connectivity index (χ3v) is 4.01. The predicted octanol–water partition coefficient (Wildman–Crippen LogP) is 3.45. The standard InChI is InChI=1S/C17H19N3O/c1-2-20(12-15-7-5-9-21-15)17-14(11-18)10-13-6-3-4-8-16(13)19-17/h5,7,9-10H,2-4,6,8,12H2,1H3. The summed E-state index contributed by atoms with van der Waals surface area (Å²) >= 11 is 0. The molecule has 1 aliphatic carbocycles. The normalized spacial score (nSPS) is 13.5.